The van der Waals surface area contributed by atoms with Gasteiger partial charge in [-0.3, -0.25) is 0 Å². The number of urea groups is 1. The molecule has 0 saturated carbocycles. The van der Waals surface area contributed by atoms with E-state index in [9.17, 15) is 13.6 Å². The summed E-state index contributed by atoms with van der Waals surface area (Å²) in [6, 6.07) is 6.14. The molecule has 0 atom stereocenters. The standard InChI is InChI=1S/C14H14F2N2O2S/c15-10-3-4-13(12(16)8-10)18-14(19)17-5-7-21-9-11-2-1-6-20-11/h1-4,6,8H,5,7,9H2,(H2,17,18,19). The second-order valence-corrected chi connectivity index (χ2v) is 5.24. The molecule has 7 heteroatoms. The molecule has 0 aliphatic heterocycles. The maximum Gasteiger partial charge on any atom is 0.319 e. The van der Waals surface area contributed by atoms with E-state index in [0.717, 1.165) is 23.6 Å². The molecule has 1 aromatic carbocycles. The summed E-state index contributed by atoms with van der Waals surface area (Å²) < 4.78 is 31.2. The minimum absolute atomic E-state index is 0.0582. The van der Waals surface area contributed by atoms with Gasteiger partial charge in [0, 0.05) is 18.4 Å². The van der Waals surface area contributed by atoms with Crippen molar-refractivity contribution in [3.63, 3.8) is 0 Å². The Hall–Kier alpha value is -2.02. The molecular formula is C14H14F2N2O2S. The van der Waals surface area contributed by atoms with Gasteiger partial charge in [-0.05, 0) is 24.3 Å². The van der Waals surface area contributed by atoms with Crippen LogP contribution in [0.15, 0.2) is 41.0 Å². The van der Waals surface area contributed by atoms with Crippen LogP contribution < -0.4 is 10.6 Å². The summed E-state index contributed by atoms with van der Waals surface area (Å²) in [7, 11) is 0. The lowest BCUT2D eigenvalue weighted by atomic mass is 10.3. The third-order valence-electron chi connectivity index (χ3n) is 2.54. The quantitative estimate of drug-likeness (QED) is 0.801. The monoisotopic (exact) mass is 312 g/mol. The van der Waals surface area contributed by atoms with Gasteiger partial charge in [0.2, 0.25) is 0 Å². The highest BCUT2D eigenvalue weighted by molar-refractivity contribution is 7.98. The Morgan fingerprint density at radius 1 is 1.29 bits per heavy atom. The van der Waals surface area contributed by atoms with E-state index in [1.165, 1.54) is 6.07 Å². The summed E-state index contributed by atoms with van der Waals surface area (Å²) >= 11 is 1.60. The SMILES string of the molecule is O=C(NCCSCc1ccco1)Nc1ccc(F)cc1F. The first-order valence-electron chi connectivity index (χ1n) is 6.25. The van der Waals surface area contributed by atoms with E-state index in [0.29, 0.717) is 12.3 Å². The predicted octanol–water partition coefficient (Wildman–Crippen LogP) is 3.61. The smallest absolute Gasteiger partial charge is 0.319 e. The molecule has 2 amide bonds. The highest BCUT2D eigenvalue weighted by atomic mass is 32.2. The van der Waals surface area contributed by atoms with Crippen molar-refractivity contribution in [2.24, 2.45) is 0 Å². The average Bonchev–Trinajstić information content (AvgIpc) is 2.95. The molecule has 0 spiro atoms. The fourth-order valence-corrected chi connectivity index (χ4v) is 2.32. The maximum absolute atomic E-state index is 13.3. The average molecular weight is 312 g/mol. The van der Waals surface area contributed by atoms with E-state index in [-0.39, 0.29) is 5.69 Å². The van der Waals surface area contributed by atoms with Crippen LogP contribution in [0.4, 0.5) is 19.3 Å². The van der Waals surface area contributed by atoms with Gasteiger partial charge in [-0.2, -0.15) is 11.8 Å². The topological polar surface area (TPSA) is 54.3 Å². The summed E-state index contributed by atoms with van der Waals surface area (Å²) in [4.78, 5) is 11.5. The predicted molar refractivity (Wildman–Crippen MR) is 78.2 cm³/mol. The summed E-state index contributed by atoms with van der Waals surface area (Å²) in [6.45, 7) is 0.431. The van der Waals surface area contributed by atoms with Crippen molar-refractivity contribution in [2.45, 2.75) is 5.75 Å². The van der Waals surface area contributed by atoms with Gasteiger partial charge in [0.1, 0.15) is 17.4 Å². The van der Waals surface area contributed by atoms with Gasteiger partial charge >= 0.3 is 6.03 Å². The highest BCUT2D eigenvalue weighted by Gasteiger charge is 2.07. The van der Waals surface area contributed by atoms with Crippen LogP contribution in [-0.4, -0.2) is 18.3 Å². The van der Waals surface area contributed by atoms with Gasteiger partial charge in [-0.1, -0.05) is 0 Å². The zero-order valence-electron chi connectivity index (χ0n) is 11.1. The van der Waals surface area contributed by atoms with Gasteiger partial charge in [0.25, 0.3) is 0 Å². The van der Waals surface area contributed by atoms with Crippen molar-refractivity contribution >= 4 is 23.5 Å². The number of anilines is 1. The number of thioether (sulfide) groups is 1. The lowest BCUT2D eigenvalue weighted by Gasteiger charge is -2.08. The van der Waals surface area contributed by atoms with Gasteiger partial charge < -0.3 is 15.1 Å². The molecule has 0 aliphatic rings. The molecule has 2 aromatic rings. The molecule has 0 bridgehead atoms. The molecule has 2 N–H and O–H groups in total. The molecule has 0 aliphatic carbocycles. The molecule has 0 radical (unpaired) electrons. The van der Waals surface area contributed by atoms with E-state index >= 15 is 0 Å². The Morgan fingerprint density at radius 2 is 2.14 bits per heavy atom. The van der Waals surface area contributed by atoms with Crippen LogP contribution in [0.2, 0.25) is 0 Å². The lowest BCUT2D eigenvalue weighted by Crippen LogP contribution is -2.30. The first kappa shape index (κ1) is 15.4. The Kier molecular flexibility index (Phi) is 5.62. The van der Waals surface area contributed by atoms with Crippen molar-refractivity contribution < 1.29 is 18.0 Å². The minimum Gasteiger partial charge on any atom is -0.468 e. The minimum atomic E-state index is -0.808. The van der Waals surface area contributed by atoms with Crippen LogP contribution >= 0.6 is 11.8 Å². The summed E-state index contributed by atoms with van der Waals surface area (Å²) in [6.07, 6.45) is 1.61. The van der Waals surface area contributed by atoms with Gasteiger partial charge in [-0.15, -0.1) is 0 Å². The Bertz CT molecular complexity index is 591. The molecule has 0 fully saturated rings. The number of rotatable bonds is 6. The number of benzene rings is 1. The van der Waals surface area contributed by atoms with Crippen molar-refractivity contribution in [1.82, 2.24) is 5.32 Å². The molecule has 1 heterocycles. The van der Waals surface area contributed by atoms with E-state index in [1.807, 2.05) is 12.1 Å². The fraction of sp³-hybridized carbons (Fsp3) is 0.214. The Morgan fingerprint density at radius 3 is 2.86 bits per heavy atom. The number of carbonyl (C=O) groups excluding carboxylic acids is 1. The van der Waals surface area contributed by atoms with E-state index in [1.54, 1.807) is 18.0 Å². The lowest BCUT2D eigenvalue weighted by molar-refractivity contribution is 0.252. The highest BCUT2D eigenvalue weighted by Crippen LogP contribution is 2.14. The second-order valence-electron chi connectivity index (χ2n) is 4.14. The number of halogens is 2. The third-order valence-corrected chi connectivity index (χ3v) is 3.52. The van der Waals surface area contributed by atoms with Crippen LogP contribution in [0.5, 0.6) is 0 Å². The van der Waals surface area contributed by atoms with Crippen molar-refractivity contribution in [2.75, 3.05) is 17.6 Å². The normalized spacial score (nSPS) is 10.4. The summed E-state index contributed by atoms with van der Waals surface area (Å²) in [5.74, 6) is 0.797. The van der Waals surface area contributed by atoms with Crippen LogP contribution in [0.25, 0.3) is 0 Å². The number of nitrogens with one attached hydrogen (secondary N) is 2. The van der Waals surface area contributed by atoms with E-state index < -0.39 is 17.7 Å². The molecular weight excluding hydrogens is 298 g/mol. The fourth-order valence-electron chi connectivity index (χ4n) is 1.56. The number of hydrogen-bond acceptors (Lipinski definition) is 3. The van der Waals surface area contributed by atoms with E-state index in [2.05, 4.69) is 10.6 Å². The molecule has 4 nitrogen and oxygen atoms in total. The van der Waals surface area contributed by atoms with Gasteiger partial charge in [0.05, 0.1) is 17.7 Å². The second kappa shape index (κ2) is 7.68. The Labute approximate surface area is 124 Å². The molecule has 0 saturated heterocycles. The van der Waals surface area contributed by atoms with E-state index in [4.69, 9.17) is 4.42 Å². The largest absolute Gasteiger partial charge is 0.468 e. The number of furan rings is 1. The van der Waals surface area contributed by atoms with Crippen LogP contribution in [0.3, 0.4) is 0 Å². The van der Waals surface area contributed by atoms with Gasteiger partial charge in [-0.25, -0.2) is 13.6 Å². The first-order chi connectivity index (χ1) is 10.1. The third kappa shape index (κ3) is 5.11. The van der Waals surface area contributed by atoms with Crippen LogP contribution in [0.1, 0.15) is 5.76 Å². The number of amides is 2. The van der Waals surface area contributed by atoms with Crippen molar-refractivity contribution in [1.29, 1.82) is 0 Å². The number of carbonyl (C=O) groups is 1. The van der Waals surface area contributed by atoms with Crippen LogP contribution in [-0.2, 0) is 5.75 Å². The zero-order chi connectivity index (χ0) is 15.1. The molecule has 2 rings (SSSR count). The number of hydrogen-bond donors (Lipinski definition) is 2. The summed E-state index contributed by atoms with van der Waals surface area (Å²) in [5, 5.41) is 4.91. The van der Waals surface area contributed by atoms with Gasteiger partial charge in [0.15, 0.2) is 0 Å². The molecule has 0 unspecified atom stereocenters. The maximum atomic E-state index is 13.3. The first-order valence-corrected chi connectivity index (χ1v) is 7.40. The van der Waals surface area contributed by atoms with Crippen molar-refractivity contribution in [3.8, 4) is 0 Å². The Balaban J connectivity index is 1.65. The molecule has 21 heavy (non-hydrogen) atoms. The molecule has 1 aromatic heterocycles. The molecule has 112 valence electrons. The zero-order valence-corrected chi connectivity index (χ0v) is 11.9. The van der Waals surface area contributed by atoms with Crippen molar-refractivity contribution in [3.05, 3.63) is 54.0 Å². The summed E-state index contributed by atoms with van der Waals surface area (Å²) in [5.41, 5.74) is -0.0582. The van der Waals surface area contributed by atoms with Crippen LogP contribution in [0, 0.1) is 11.6 Å².